The third kappa shape index (κ3) is 4.54. The lowest BCUT2D eigenvalue weighted by Crippen LogP contribution is -1.99. The van der Waals surface area contributed by atoms with Gasteiger partial charge < -0.3 is 0 Å². The normalized spacial score (nSPS) is 15.4. The maximum atomic E-state index is 4.42. The van der Waals surface area contributed by atoms with Crippen molar-refractivity contribution >= 4 is 5.71 Å². The van der Waals surface area contributed by atoms with Gasteiger partial charge in [-0.15, -0.1) is 0 Å². The largest absolute Gasteiger partial charge is 0.282 e. The van der Waals surface area contributed by atoms with E-state index in [9.17, 15) is 0 Å². The Hall–Kier alpha value is -0.850. The Balaban J connectivity index is 4.21. The van der Waals surface area contributed by atoms with Gasteiger partial charge in [-0.1, -0.05) is 19.6 Å². The molecule has 0 spiro atoms. The highest BCUT2D eigenvalue weighted by molar-refractivity contribution is 6.03. The Morgan fingerprint density at radius 2 is 2.27 bits per heavy atom. The number of hydrogen-bond acceptors (Lipinski definition) is 1. The van der Waals surface area contributed by atoms with E-state index in [2.05, 4.69) is 25.4 Å². The molecular formula is C10H17N. The third-order valence-corrected chi connectivity index (χ3v) is 1.51. The molecule has 0 N–H and O–H groups in total. The number of aliphatic imine (C=N–C) groups is 1. The number of hydrogen-bond donors (Lipinski definition) is 0. The van der Waals surface area contributed by atoms with Crippen LogP contribution in [0.5, 0.6) is 0 Å². The van der Waals surface area contributed by atoms with Crippen LogP contribution in [0.4, 0.5) is 0 Å². The first-order valence-electron chi connectivity index (χ1n) is 4.07. The molecule has 1 unspecified atom stereocenters. The van der Waals surface area contributed by atoms with E-state index in [1.807, 2.05) is 19.1 Å². The Bertz CT molecular complexity index is 166. The first kappa shape index (κ1) is 10.2. The number of nitrogens with zero attached hydrogens (tertiary/aromatic N) is 1. The van der Waals surface area contributed by atoms with E-state index in [1.165, 1.54) is 0 Å². The second kappa shape index (κ2) is 5.90. The first-order chi connectivity index (χ1) is 5.24. The number of rotatable bonds is 4. The molecule has 0 aromatic rings. The predicted molar refractivity (Wildman–Crippen MR) is 52.2 cm³/mol. The Labute approximate surface area is 69.5 Å². The summed E-state index contributed by atoms with van der Waals surface area (Å²) in [5, 5.41) is 0. The summed E-state index contributed by atoms with van der Waals surface area (Å²) in [7, 11) is 0. The Morgan fingerprint density at radius 1 is 1.64 bits per heavy atom. The van der Waals surface area contributed by atoms with E-state index in [-0.39, 0.29) is 0 Å². The lowest BCUT2D eigenvalue weighted by molar-refractivity contribution is 0.718. The molecule has 0 aromatic heterocycles. The molecule has 0 radical (unpaired) electrons. The van der Waals surface area contributed by atoms with E-state index in [0.29, 0.717) is 6.04 Å². The zero-order valence-electron chi connectivity index (χ0n) is 7.67. The van der Waals surface area contributed by atoms with Crippen molar-refractivity contribution in [1.29, 1.82) is 0 Å². The van der Waals surface area contributed by atoms with Crippen LogP contribution in [-0.2, 0) is 0 Å². The molecule has 0 aliphatic heterocycles. The molecule has 0 fully saturated rings. The van der Waals surface area contributed by atoms with Gasteiger partial charge in [0.15, 0.2) is 0 Å². The maximum absolute atomic E-state index is 4.42. The molecular weight excluding hydrogens is 134 g/mol. The quantitative estimate of drug-likeness (QED) is 0.548. The zero-order valence-corrected chi connectivity index (χ0v) is 7.67. The minimum Gasteiger partial charge on any atom is -0.282 e. The summed E-state index contributed by atoms with van der Waals surface area (Å²) in [5.74, 6) is 0. The highest BCUT2D eigenvalue weighted by atomic mass is 14.8. The van der Waals surface area contributed by atoms with Gasteiger partial charge in [-0.25, -0.2) is 0 Å². The molecule has 11 heavy (non-hydrogen) atoms. The van der Waals surface area contributed by atoms with Crippen molar-refractivity contribution in [3.05, 3.63) is 24.8 Å². The van der Waals surface area contributed by atoms with Crippen molar-refractivity contribution in [2.24, 2.45) is 4.99 Å². The van der Waals surface area contributed by atoms with Crippen LogP contribution in [0.25, 0.3) is 0 Å². The molecule has 62 valence electrons. The molecule has 0 heterocycles. The van der Waals surface area contributed by atoms with Gasteiger partial charge in [0, 0.05) is 6.04 Å². The van der Waals surface area contributed by atoms with Gasteiger partial charge in [0.05, 0.1) is 5.71 Å². The molecule has 0 aliphatic carbocycles. The summed E-state index contributed by atoms with van der Waals surface area (Å²) in [4.78, 5) is 4.42. The standard InChI is InChI=1S/C10H17N/c1-5-8-10(7-3)11-9(4)6-2/h5,7-9H,3,6H2,1-2,4H3/b8-5-,11-10?. The van der Waals surface area contributed by atoms with Gasteiger partial charge in [0.1, 0.15) is 0 Å². The van der Waals surface area contributed by atoms with Crippen LogP contribution in [0, 0.1) is 0 Å². The average Bonchev–Trinajstić information content (AvgIpc) is 2.03. The van der Waals surface area contributed by atoms with Crippen LogP contribution in [0.1, 0.15) is 27.2 Å². The molecule has 0 aliphatic rings. The van der Waals surface area contributed by atoms with Crippen molar-refractivity contribution < 1.29 is 0 Å². The van der Waals surface area contributed by atoms with Gasteiger partial charge in [0.25, 0.3) is 0 Å². The maximum Gasteiger partial charge on any atom is 0.0568 e. The fourth-order valence-electron chi connectivity index (χ4n) is 0.680. The van der Waals surface area contributed by atoms with Crippen molar-refractivity contribution in [1.82, 2.24) is 0 Å². The summed E-state index contributed by atoms with van der Waals surface area (Å²) in [6.07, 6.45) is 6.81. The van der Waals surface area contributed by atoms with Gasteiger partial charge in [-0.3, -0.25) is 4.99 Å². The lowest BCUT2D eigenvalue weighted by Gasteiger charge is -2.01. The highest BCUT2D eigenvalue weighted by Gasteiger charge is 1.93. The minimum absolute atomic E-state index is 0.402. The second-order valence-electron chi connectivity index (χ2n) is 2.52. The van der Waals surface area contributed by atoms with E-state index in [1.54, 1.807) is 6.08 Å². The second-order valence-corrected chi connectivity index (χ2v) is 2.52. The average molecular weight is 151 g/mol. The zero-order chi connectivity index (χ0) is 8.69. The van der Waals surface area contributed by atoms with Crippen molar-refractivity contribution in [2.75, 3.05) is 0 Å². The van der Waals surface area contributed by atoms with Crippen LogP contribution in [0.15, 0.2) is 29.8 Å². The van der Waals surface area contributed by atoms with Gasteiger partial charge in [-0.05, 0) is 32.4 Å². The van der Waals surface area contributed by atoms with Crippen molar-refractivity contribution in [3.8, 4) is 0 Å². The molecule has 0 bridgehead atoms. The fraction of sp³-hybridized carbons (Fsp3) is 0.500. The summed E-state index contributed by atoms with van der Waals surface area (Å²) < 4.78 is 0. The van der Waals surface area contributed by atoms with E-state index < -0.39 is 0 Å². The van der Waals surface area contributed by atoms with E-state index in [0.717, 1.165) is 12.1 Å². The van der Waals surface area contributed by atoms with Crippen LogP contribution < -0.4 is 0 Å². The smallest absolute Gasteiger partial charge is 0.0568 e. The van der Waals surface area contributed by atoms with Crippen LogP contribution in [0.3, 0.4) is 0 Å². The first-order valence-corrected chi connectivity index (χ1v) is 4.07. The predicted octanol–water partition coefficient (Wildman–Crippen LogP) is 2.99. The number of allylic oxidation sites excluding steroid dienone is 3. The molecule has 0 amide bonds. The highest BCUT2D eigenvalue weighted by Crippen LogP contribution is 1.97. The summed E-state index contributed by atoms with van der Waals surface area (Å²) in [6.45, 7) is 9.90. The molecule has 0 rings (SSSR count). The summed E-state index contributed by atoms with van der Waals surface area (Å²) in [6, 6.07) is 0.402. The molecule has 1 heteroatoms. The molecule has 1 nitrogen and oxygen atoms in total. The molecule has 0 saturated carbocycles. The topological polar surface area (TPSA) is 12.4 Å². The van der Waals surface area contributed by atoms with Crippen LogP contribution >= 0.6 is 0 Å². The van der Waals surface area contributed by atoms with Crippen LogP contribution in [-0.4, -0.2) is 11.8 Å². The molecule has 1 atom stereocenters. The van der Waals surface area contributed by atoms with E-state index in [4.69, 9.17) is 0 Å². The SMILES string of the molecule is C=CC(/C=C\C)=NC(C)CC. The van der Waals surface area contributed by atoms with Crippen molar-refractivity contribution in [3.63, 3.8) is 0 Å². The van der Waals surface area contributed by atoms with Crippen LogP contribution in [0.2, 0.25) is 0 Å². The Kier molecular flexibility index (Phi) is 5.44. The van der Waals surface area contributed by atoms with Gasteiger partial charge in [0.2, 0.25) is 0 Å². The monoisotopic (exact) mass is 151 g/mol. The molecule has 0 saturated heterocycles. The fourth-order valence-corrected chi connectivity index (χ4v) is 0.680. The molecule has 0 aromatic carbocycles. The third-order valence-electron chi connectivity index (χ3n) is 1.51. The summed E-state index contributed by atoms with van der Waals surface area (Å²) in [5.41, 5.74) is 0.974. The lowest BCUT2D eigenvalue weighted by atomic mass is 10.2. The Morgan fingerprint density at radius 3 is 2.64 bits per heavy atom. The van der Waals surface area contributed by atoms with Crippen molar-refractivity contribution in [2.45, 2.75) is 33.2 Å². The van der Waals surface area contributed by atoms with Gasteiger partial charge in [-0.2, -0.15) is 0 Å². The summed E-state index contributed by atoms with van der Waals surface area (Å²) >= 11 is 0. The van der Waals surface area contributed by atoms with Gasteiger partial charge >= 0.3 is 0 Å². The minimum atomic E-state index is 0.402. The van der Waals surface area contributed by atoms with E-state index >= 15 is 0 Å².